The molecule has 0 unspecified atom stereocenters. The van der Waals surface area contributed by atoms with Crippen molar-refractivity contribution in [2.75, 3.05) is 13.1 Å². The quantitative estimate of drug-likeness (QED) is 0.101. The summed E-state index contributed by atoms with van der Waals surface area (Å²) in [5, 5.41) is 4.11. The lowest BCUT2D eigenvalue weighted by atomic mass is 9.82. The lowest BCUT2D eigenvalue weighted by Gasteiger charge is -2.39. The molecule has 0 saturated heterocycles. The second kappa shape index (κ2) is 15.7. The molecule has 0 N–H and O–H groups in total. The molecule has 7 rings (SSSR count). The average molecular weight is 810 g/mol. The molecular weight excluding hydrogens is 768 g/mol. The van der Waals surface area contributed by atoms with Gasteiger partial charge in [0.05, 0.1) is 13.1 Å². The van der Waals surface area contributed by atoms with Gasteiger partial charge in [-0.15, -0.1) is 43.3 Å². The van der Waals surface area contributed by atoms with Gasteiger partial charge in [-0.2, -0.15) is 0 Å². The van der Waals surface area contributed by atoms with E-state index in [1.165, 1.54) is 24.3 Å². The third-order valence-electron chi connectivity index (χ3n) is 10.3. The highest BCUT2D eigenvalue weighted by molar-refractivity contribution is 8.93. The number of quaternary nitrogens is 1. The molecule has 0 radical (unpaired) electrons. The number of nitrogens with zero attached hydrogens (tertiary/aromatic N) is 1. The number of hydrogen-bond donors (Lipinski definition) is 0. The van der Waals surface area contributed by atoms with Crippen molar-refractivity contribution < 1.29 is 40.3 Å². The van der Waals surface area contributed by atoms with Crippen LogP contribution in [0, 0.1) is 0 Å². The van der Waals surface area contributed by atoms with Crippen molar-refractivity contribution in [2.24, 2.45) is 0 Å². The zero-order valence-corrected chi connectivity index (χ0v) is 31.7. The molecule has 3 nitrogen and oxygen atoms in total. The number of rotatable bonds is 10. The molecule has 6 aromatic rings. The van der Waals surface area contributed by atoms with E-state index >= 15 is 0 Å². The van der Waals surface area contributed by atoms with E-state index in [4.69, 9.17) is 0 Å². The Morgan fingerprint density at radius 3 is 1.26 bits per heavy atom. The van der Waals surface area contributed by atoms with Crippen molar-refractivity contribution in [3.8, 4) is 44.9 Å². The Bertz CT molecular complexity index is 2090. The summed E-state index contributed by atoms with van der Waals surface area (Å²) in [6, 6.07) is 33.0. The van der Waals surface area contributed by atoms with Crippen LogP contribution < -0.4 is 9.47 Å². The van der Waals surface area contributed by atoms with Gasteiger partial charge in [0, 0.05) is 22.3 Å². The van der Waals surface area contributed by atoms with Gasteiger partial charge in [-0.3, -0.25) is 0 Å². The predicted molar refractivity (Wildman–Crippen MR) is 209 cm³/mol. The molecule has 0 aromatic heterocycles. The Balaban J connectivity index is 0.00000497. The van der Waals surface area contributed by atoms with Crippen LogP contribution in [-0.2, 0) is 13.1 Å². The first kappa shape index (κ1) is 39.2. The van der Waals surface area contributed by atoms with E-state index in [-0.39, 0.29) is 28.5 Å². The highest BCUT2D eigenvalue weighted by Gasteiger charge is 2.38. The minimum Gasteiger partial charge on any atom is -0.406 e. The van der Waals surface area contributed by atoms with Crippen molar-refractivity contribution in [3.63, 3.8) is 0 Å². The summed E-state index contributed by atoms with van der Waals surface area (Å²) in [4.78, 5) is 0. The fraction of sp³-hybridized carbons (Fsp3) is 0.273. The maximum absolute atomic E-state index is 13.1. The van der Waals surface area contributed by atoms with Crippen LogP contribution in [0.4, 0.5) is 26.3 Å². The average Bonchev–Trinajstić information content (AvgIpc) is 3.27. The fourth-order valence-corrected chi connectivity index (χ4v) is 8.01. The standard InChI is InChI=1S/C44H40F6NO2.BrH/c1-3-5-23-51(24-6-4-2)27-39-37(29-15-19-33(20-16-29)52-43(45,46)47)25-31-11-7-9-13-35(31)41(39)42-36-14-10-8-12-32(36)26-38(40(42)28-51)30-17-21-34(22-18-30)53-44(48,49)50;/h7-22,25-26H,3-6,23-24,27-28H2,1-2H3;1H/q+1;. The second-order valence-electron chi connectivity index (χ2n) is 14.0. The summed E-state index contributed by atoms with van der Waals surface area (Å²) in [5.74, 6) is -0.562. The van der Waals surface area contributed by atoms with E-state index in [2.05, 4.69) is 59.7 Å². The fourth-order valence-electron chi connectivity index (χ4n) is 8.01. The van der Waals surface area contributed by atoms with Crippen LogP contribution in [-0.4, -0.2) is 30.3 Å². The molecule has 1 heterocycles. The van der Waals surface area contributed by atoms with Crippen molar-refractivity contribution in [1.82, 2.24) is 0 Å². The van der Waals surface area contributed by atoms with Crippen LogP contribution in [0.2, 0.25) is 0 Å². The van der Waals surface area contributed by atoms with Crippen LogP contribution in [0.15, 0.2) is 109 Å². The molecule has 0 amide bonds. The lowest BCUT2D eigenvalue weighted by Crippen LogP contribution is -2.47. The smallest absolute Gasteiger partial charge is 0.406 e. The largest absolute Gasteiger partial charge is 0.573 e. The first-order valence-electron chi connectivity index (χ1n) is 18.0. The van der Waals surface area contributed by atoms with Crippen LogP contribution in [0.1, 0.15) is 50.7 Å². The van der Waals surface area contributed by atoms with Crippen LogP contribution in [0.3, 0.4) is 0 Å². The number of alkyl halides is 6. The number of unbranched alkanes of at least 4 members (excludes halogenated alkanes) is 2. The first-order chi connectivity index (χ1) is 25.4. The van der Waals surface area contributed by atoms with Crippen molar-refractivity contribution >= 4 is 38.5 Å². The van der Waals surface area contributed by atoms with Crippen LogP contribution >= 0.6 is 17.0 Å². The molecule has 282 valence electrons. The minimum atomic E-state index is -4.80. The van der Waals surface area contributed by atoms with Gasteiger partial charge in [0.15, 0.2) is 0 Å². The molecule has 0 fully saturated rings. The Labute approximate surface area is 321 Å². The molecule has 1 aliphatic rings. The van der Waals surface area contributed by atoms with E-state index in [0.29, 0.717) is 13.1 Å². The Morgan fingerprint density at radius 1 is 0.537 bits per heavy atom. The van der Waals surface area contributed by atoms with E-state index < -0.39 is 12.7 Å². The van der Waals surface area contributed by atoms with Crippen molar-refractivity contribution in [2.45, 2.75) is 65.3 Å². The van der Waals surface area contributed by atoms with E-state index in [0.717, 1.165) is 109 Å². The highest BCUT2D eigenvalue weighted by atomic mass is 79.9. The molecule has 0 aliphatic carbocycles. The number of ether oxygens (including phenoxy) is 2. The molecule has 6 aromatic carbocycles. The SMILES string of the molecule is Br.CCCC[N+]1(CCCC)Cc2c(-c3ccc(OC(F)(F)F)cc3)cc3ccccc3c2-c2c(c(-c3ccc(OC(F)(F)F)cc3)cc3ccccc23)C1. The van der Waals surface area contributed by atoms with Crippen LogP contribution in [0.5, 0.6) is 11.5 Å². The molecular formula is C44H41BrF6NO2+. The summed E-state index contributed by atoms with van der Waals surface area (Å²) in [6.45, 7) is 7.57. The summed E-state index contributed by atoms with van der Waals surface area (Å²) < 4.78 is 88.0. The van der Waals surface area contributed by atoms with Crippen molar-refractivity contribution in [3.05, 3.63) is 120 Å². The van der Waals surface area contributed by atoms with Gasteiger partial charge in [0.25, 0.3) is 0 Å². The molecule has 54 heavy (non-hydrogen) atoms. The number of halogens is 7. The third-order valence-corrected chi connectivity index (χ3v) is 10.3. The van der Waals surface area contributed by atoms with Gasteiger partial charge in [-0.05, 0) is 93.0 Å². The molecule has 0 atom stereocenters. The number of fused-ring (bicyclic) bond motifs is 7. The predicted octanol–water partition coefficient (Wildman–Crippen LogP) is 13.8. The first-order valence-corrected chi connectivity index (χ1v) is 18.0. The van der Waals surface area contributed by atoms with Gasteiger partial charge in [-0.1, -0.05) is 99.5 Å². The van der Waals surface area contributed by atoms with E-state index in [1.54, 1.807) is 24.3 Å². The van der Waals surface area contributed by atoms with Gasteiger partial charge in [-0.25, -0.2) is 0 Å². The number of hydrogen-bond acceptors (Lipinski definition) is 2. The topological polar surface area (TPSA) is 18.5 Å². The van der Waals surface area contributed by atoms with E-state index in [9.17, 15) is 26.3 Å². The molecule has 1 aliphatic heterocycles. The Kier molecular flexibility index (Phi) is 11.4. The molecule has 0 spiro atoms. The van der Waals surface area contributed by atoms with Gasteiger partial charge >= 0.3 is 12.7 Å². The molecule has 0 saturated carbocycles. The van der Waals surface area contributed by atoms with Crippen LogP contribution in [0.25, 0.3) is 54.9 Å². The zero-order chi connectivity index (χ0) is 37.4. The van der Waals surface area contributed by atoms with Gasteiger partial charge in [0.2, 0.25) is 0 Å². The number of benzene rings is 6. The summed E-state index contributed by atoms with van der Waals surface area (Å²) in [5.41, 5.74) is 7.86. The summed E-state index contributed by atoms with van der Waals surface area (Å²) in [7, 11) is 0. The lowest BCUT2D eigenvalue weighted by molar-refractivity contribution is -0.953. The minimum absolute atomic E-state index is 0. The third kappa shape index (κ3) is 8.25. The maximum atomic E-state index is 13.1. The van der Waals surface area contributed by atoms with Crippen molar-refractivity contribution in [1.29, 1.82) is 0 Å². The monoisotopic (exact) mass is 808 g/mol. The van der Waals surface area contributed by atoms with Gasteiger partial charge < -0.3 is 14.0 Å². The normalized spacial score (nSPS) is 13.9. The molecule has 10 heteroatoms. The summed E-state index contributed by atoms with van der Waals surface area (Å²) in [6.07, 6.45) is -5.61. The Hall–Kier alpha value is -4.54. The summed E-state index contributed by atoms with van der Waals surface area (Å²) >= 11 is 0. The van der Waals surface area contributed by atoms with Gasteiger partial charge in [0.1, 0.15) is 24.6 Å². The maximum Gasteiger partial charge on any atom is 0.573 e. The second-order valence-corrected chi connectivity index (χ2v) is 14.0. The highest BCUT2D eigenvalue weighted by Crippen LogP contribution is 2.50. The Morgan fingerprint density at radius 2 is 0.907 bits per heavy atom. The zero-order valence-electron chi connectivity index (χ0n) is 30.0. The molecule has 0 bridgehead atoms. The van der Waals surface area contributed by atoms with E-state index in [1.807, 2.05) is 24.3 Å².